The molecule has 0 amide bonds. The highest BCUT2D eigenvalue weighted by molar-refractivity contribution is 14.1. The van der Waals surface area contributed by atoms with Crippen molar-refractivity contribution in [1.29, 1.82) is 0 Å². The molecule has 34 heavy (non-hydrogen) atoms. The molecule has 0 spiro atoms. The normalized spacial score (nSPS) is 22.2. The second kappa shape index (κ2) is 12.9. The standard InChI is InChI=1S/C28H55IO3Si2/c1-21(23(3)29)19-25(32-34(12,13)28(7,8)9)16-17-26-22(2)20-24(31-26)15-14-18-30-33(10,11)27(4,5)6/h21,24-26H,2-3,14-20H2,1,4-13H3/t21-,24+,25-,26+/m1/s1. The second-order valence-corrected chi connectivity index (χ2v) is 24.5. The highest BCUT2D eigenvalue weighted by atomic mass is 127. The molecule has 0 unspecified atom stereocenters. The molecule has 1 rings (SSSR count). The number of hydrogen-bond donors (Lipinski definition) is 0. The van der Waals surface area contributed by atoms with E-state index in [-0.39, 0.29) is 28.4 Å². The lowest BCUT2D eigenvalue weighted by Crippen LogP contribution is -2.44. The van der Waals surface area contributed by atoms with E-state index in [0.29, 0.717) is 5.92 Å². The van der Waals surface area contributed by atoms with Crippen molar-refractivity contribution in [2.45, 2.75) is 142 Å². The van der Waals surface area contributed by atoms with E-state index < -0.39 is 16.6 Å². The number of hydrogen-bond acceptors (Lipinski definition) is 3. The van der Waals surface area contributed by atoms with Gasteiger partial charge in [-0.15, -0.1) is 0 Å². The molecule has 3 nitrogen and oxygen atoms in total. The van der Waals surface area contributed by atoms with Crippen molar-refractivity contribution in [2.75, 3.05) is 6.61 Å². The fourth-order valence-electron chi connectivity index (χ4n) is 3.78. The number of ether oxygens (including phenoxy) is 1. The van der Waals surface area contributed by atoms with Crippen LogP contribution in [0.15, 0.2) is 22.3 Å². The highest BCUT2D eigenvalue weighted by Gasteiger charge is 2.40. The van der Waals surface area contributed by atoms with E-state index in [9.17, 15) is 0 Å². The molecule has 1 heterocycles. The molecule has 0 saturated carbocycles. The van der Waals surface area contributed by atoms with Gasteiger partial charge in [-0.05, 0) is 112 Å². The van der Waals surface area contributed by atoms with E-state index in [2.05, 4.69) is 110 Å². The van der Waals surface area contributed by atoms with E-state index >= 15 is 0 Å². The third-order valence-corrected chi connectivity index (χ3v) is 18.5. The van der Waals surface area contributed by atoms with Gasteiger partial charge in [-0.25, -0.2) is 0 Å². The molecule has 0 radical (unpaired) electrons. The van der Waals surface area contributed by atoms with Crippen molar-refractivity contribution < 1.29 is 13.6 Å². The summed E-state index contributed by atoms with van der Waals surface area (Å²) >= 11 is 2.37. The van der Waals surface area contributed by atoms with Gasteiger partial charge in [0.2, 0.25) is 0 Å². The molecule has 6 heteroatoms. The Bertz CT molecular complexity index is 676. The quantitative estimate of drug-likeness (QED) is 0.0886. The first-order valence-corrected chi connectivity index (χ1v) is 20.2. The summed E-state index contributed by atoms with van der Waals surface area (Å²) in [6, 6.07) is 0. The number of allylic oxidation sites excluding steroid dienone is 1. The van der Waals surface area contributed by atoms with Gasteiger partial charge in [-0.2, -0.15) is 0 Å². The van der Waals surface area contributed by atoms with E-state index in [0.717, 1.165) is 45.1 Å². The summed E-state index contributed by atoms with van der Waals surface area (Å²) in [5.74, 6) is 0.455. The van der Waals surface area contributed by atoms with E-state index in [1.165, 1.54) is 9.15 Å². The lowest BCUT2D eigenvalue weighted by Gasteiger charge is -2.40. The van der Waals surface area contributed by atoms with Gasteiger partial charge >= 0.3 is 0 Å². The Morgan fingerprint density at radius 1 is 1.06 bits per heavy atom. The molecule has 0 aromatic carbocycles. The third-order valence-electron chi connectivity index (χ3n) is 8.41. The minimum Gasteiger partial charge on any atom is -0.417 e. The fraction of sp³-hybridized carbons (Fsp3) is 0.857. The monoisotopic (exact) mass is 622 g/mol. The van der Waals surface area contributed by atoms with Gasteiger partial charge in [0.15, 0.2) is 16.6 Å². The van der Waals surface area contributed by atoms with Crippen LogP contribution in [0.4, 0.5) is 0 Å². The SMILES string of the molecule is C=C(I)[C@H](C)C[C@@H](CC[C@@H]1O[C@@H](CCCO[Si](C)(C)C(C)(C)C)CC1=C)O[Si](C)(C)C(C)(C)C. The first-order valence-electron chi connectivity index (χ1n) is 13.3. The Kier molecular flexibility index (Phi) is 12.3. The fourth-order valence-corrected chi connectivity index (χ4v) is 6.52. The second-order valence-electron chi connectivity index (χ2n) is 13.5. The van der Waals surface area contributed by atoms with Crippen LogP contribution in [0.1, 0.15) is 87.0 Å². The predicted octanol–water partition coefficient (Wildman–Crippen LogP) is 9.65. The molecular formula is C28H55IO3Si2. The van der Waals surface area contributed by atoms with Crippen LogP contribution in [-0.4, -0.2) is 41.6 Å². The van der Waals surface area contributed by atoms with Gasteiger partial charge in [-0.1, -0.05) is 61.6 Å². The Labute approximate surface area is 228 Å². The molecule has 0 aromatic rings. The summed E-state index contributed by atoms with van der Waals surface area (Å²) in [7, 11) is -3.50. The van der Waals surface area contributed by atoms with E-state index in [4.69, 9.17) is 13.6 Å². The predicted molar refractivity (Wildman–Crippen MR) is 163 cm³/mol. The van der Waals surface area contributed by atoms with Crippen molar-refractivity contribution in [2.24, 2.45) is 5.92 Å². The van der Waals surface area contributed by atoms with Crippen molar-refractivity contribution >= 4 is 39.2 Å². The van der Waals surface area contributed by atoms with Gasteiger partial charge in [0, 0.05) is 12.7 Å². The summed E-state index contributed by atoms with van der Waals surface area (Å²) in [5.41, 5.74) is 1.26. The third kappa shape index (κ3) is 10.1. The lowest BCUT2D eigenvalue weighted by molar-refractivity contribution is 0.0305. The summed E-state index contributed by atoms with van der Waals surface area (Å²) in [5, 5.41) is 0.473. The van der Waals surface area contributed by atoms with Crippen LogP contribution in [0.5, 0.6) is 0 Å². The zero-order chi connectivity index (χ0) is 26.5. The van der Waals surface area contributed by atoms with Gasteiger partial charge in [0.1, 0.15) is 0 Å². The van der Waals surface area contributed by atoms with Crippen LogP contribution in [0, 0.1) is 5.92 Å². The van der Waals surface area contributed by atoms with Gasteiger partial charge in [-0.3, -0.25) is 0 Å². The van der Waals surface area contributed by atoms with Crippen LogP contribution in [0.2, 0.25) is 36.3 Å². The number of halogens is 1. The maximum Gasteiger partial charge on any atom is 0.192 e. The summed E-state index contributed by atoms with van der Waals surface area (Å²) < 4.78 is 20.9. The molecule has 4 atom stereocenters. The van der Waals surface area contributed by atoms with Crippen LogP contribution < -0.4 is 0 Å². The van der Waals surface area contributed by atoms with Gasteiger partial charge in [0.25, 0.3) is 0 Å². The van der Waals surface area contributed by atoms with Crippen molar-refractivity contribution in [1.82, 2.24) is 0 Å². The maximum absolute atomic E-state index is 6.88. The van der Waals surface area contributed by atoms with Gasteiger partial charge in [0.05, 0.1) is 12.2 Å². The summed E-state index contributed by atoms with van der Waals surface area (Å²) in [6.45, 7) is 34.9. The summed E-state index contributed by atoms with van der Waals surface area (Å²) in [6.07, 6.45) is 6.84. The van der Waals surface area contributed by atoms with Crippen LogP contribution in [0.3, 0.4) is 0 Å². The Morgan fingerprint density at radius 3 is 2.12 bits per heavy atom. The minimum absolute atomic E-state index is 0.162. The van der Waals surface area contributed by atoms with Crippen LogP contribution >= 0.6 is 22.6 Å². The average Bonchev–Trinajstić information content (AvgIpc) is 3.00. The molecular weight excluding hydrogens is 567 g/mol. The molecule has 1 fully saturated rings. The van der Waals surface area contributed by atoms with Crippen molar-refractivity contribution in [3.05, 3.63) is 22.3 Å². The Balaban J connectivity index is 2.62. The largest absolute Gasteiger partial charge is 0.417 e. The average molecular weight is 623 g/mol. The zero-order valence-corrected chi connectivity index (χ0v) is 28.4. The lowest BCUT2D eigenvalue weighted by atomic mass is 9.97. The smallest absolute Gasteiger partial charge is 0.192 e. The first kappa shape index (κ1) is 32.6. The molecule has 200 valence electrons. The zero-order valence-electron chi connectivity index (χ0n) is 24.3. The maximum atomic E-state index is 6.88. The van der Waals surface area contributed by atoms with Gasteiger partial charge < -0.3 is 13.6 Å². The molecule has 1 aliphatic rings. The molecule has 0 bridgehead atoms. The van der Waals surface area contributed by atoms with Crippen molar-refractivity contribution in [3.63, 3.8) is 0 Å². The number of rotatable bonds is 13. The van der Waals surface area contributed by atoms with Crippen LogP contribution in [-0.2, 0) is 13.6 Å². The van der Waals surface area contributed by atoms with Crippen molar-refractivity contribution in [3.8, 4) is 0 Å². The minimum atomic E-state index is -1.83. The molecule has 0 N–H and O–H groups in total. The molecule has 0 aliphatic carbocycles. The van der Waals surface area contributed by atoms with E-state index in [1.807, 2.05) is 0 Å². The first-order chi connectivity index (χ1) is 15.3. The Hall–Kier alpha value is 0.524. The topological polar surface area (TPSA) is 27.7 Å². The molecule has 0 aromatic heterocycles. The molecule has 1 saturated heterocycles. The Morgan fingerprint density at radius 2 is 1.62 bits per heavy atom. The molecule has 1 aliphatic heterocycles. The highest BCUT2D eigenvalue weighted by Crippen LogP contribution is 2.40. The van der Waals surface area contributed by atoms with E-state index in [1.54, 1.807) is 0 Å². The summed E-state index contributed by atoms with van der Waals surface area (Å²) in [4.78, 5) is 0. The van der Waals surface area contributed by atoms with Crippen LogP contribution in [0.25, 0.3) is 0 Å².